The van der Waals surface area contributed by atoms with Gasteiger partial charge in [0.05, 0.1) is 17.2 Å². The number of hydrogen-bond donors (Lipinski definition) is 2. The number of esters is 1. The minimum Gasteiger partial charge on any atom is -0.464 e. The third-order valence-electron chi connectivity index (χ3n) is 4.99. The number of nitrogens with one attached hydrogen (secondary N) is 2. The molecule has 3 aromatic rings. The highest BCUT2D eigenvalue weighted by Gasteiger charge is 2.21. The molecule has 1 atom stereocenters. The standard InChI is InChI=1S/C24H26FN5O5/c1-13-8-20(25)18(23(32)28-21-6-7-35-29-21)10-17(13)16-9-19(24(33)30(4)5)22(26-11-16)27-14(2)12-34-15(3)31/h6-11,14H,12H2,1-5H3,(H,26,27)(H,28,29,32)/t14-/m0/s1. The molecule has 0 aliphatic carbocycles. The molecule has 0 saturated heterocycles. The van der Waals surface area contributed by atoms with Gasteiger partial charge in [-0.05, 0) is 43.2 Å². The lowest BCUT2D eigenvalue weighted by molar-refractivity contribution is -0.141. The van der Waals surface area contributed by atoms with Gasteiger partial charge >= 0.3 is 5.97 Å². The van der Waals surface area contributed by atoms with Gasteiger partial charge in [-0.25, -0.2) is 9.37 Å². The van der Waals surface area contributed by atoms with Gasteiger partial charge < -0.3 is 24.8 Å². The van der Waals surface area contributed by atoms with Crippen molar-refractivity contribution in [3.63, 3.8) is 0 Å². The molecule has 184 valence electrons. The van der Waals surface area contributed by atoms with Gasteiger partial charge in [-0.2, -0.15) is 0 Å². The zero-order valence-electron chi connectivity index (χ0n) is 20.0. The first-order valence-corrected chi connectivity index (χ1v) is 10.7. The van der Waals surface area contributed by atoms with E-state index in [9.17, 15) is 18.8 Å². The van der Waals surface area contributed by atoms with Gasteiger partial charge in [0.2, 0.25) is 0 Å². The van der Waals surface area contributed by atoms with E-state index >= 15 is 0 Å². The largest absolute Gasteiger partial charge is 0.464 e. The molecular formula is C24H26FN5O5. The van der Waals surface area contributed by atoms with Crippen LogP contribution in [0.2, 0.25) is 0 Å². The number of nitrogens with zero attached hydrogens (tertiary/aromatic N) is 3. The summed E-state index contributed by atoms with van der Waals surface area (Å²) < 4.78 is 24.3. The molecule has 10 nitrogen and oxygen atoms in total. The van der Waals surface area contributed by atoms with Gasteiger partial charge in [0.25, 0.3) is 11.8 Å². The average Bonchev–Trinajstić information content (AvgIpc) is 3.30. The predicted molar refractivity (Wildman–Crippen MR) is 127 cm³/mol. The number of halogens is 1. The van der Waals surface area contributed by atoms with Crippen LogP contribution in [0, 0.1) is 12.7 Å². The fourth-order valence-electron chi connectivity index (χ4n) is 3.27. The van der Waals surface area contributed by atoms with Crippen molar-refractivity contribution >= 4 is 29.4 Å². The van der Waals surface area contributed by atoms with Gasteiger partial charge in [-0.1, -0.05) is 5.16 Å². The molecule has 3 rings (SSSR count). The second-order valence-electron chi connectivity index (χ2n) is 8.15. The van der Waals surface area contributed by atoms with Crippen LogP contribution < -0.4 is 10.6 Å². The number of pyridine rings is 1. The normalized spacial score (nSPS) is 11.5. The summed E-state index contributed by atoms with van der Waals surface area (Å²) in [5.74, 6) is -1.69. The van der Waals surface area contributed by atoms with E-state index in [1.54, 1.807) is 34.0 Å². The highest BCUT2D eigenvalue weighted by atomic mass is 19.1. The first kappa shape index (κ1) is 25.3. The second-order valence-corrected chi connectivity index (χ2v) is 8.15. The van der Waals surface area contributed by atoms with Gasteiger partial charge in [-0.15, -0.1) is 0 Å². The van der Waals surface area contributed by atoms with Crippen molar-refractivity contribution in [2.24, 2.45) is 0 Å². The van der Waals surface area contributed by atoms with Crippen LogP contribution >= 0.6 is 0 Å². The van der Waals surface area contributed by atoms with Crippen LogP contribution in [0.5, 0.6) is 0 Å². The van der Waals surface area contributed by atoms with E-state index in [4.69, 9.17) is 4.74 Å². The van der Waals surface area contributed by atoms with E-state index in [1.165, 1.54) is 42.5 Å². The van der Waals surface area contributed by atoms with E-state index in [0.717, 1.165) is 0 Å². The van der Waals surface area contributed by atoms with E-state index in [2.05, 4.69) is 25.3 Å². The molecule has 0 aliphatic rings. The zero-order valence-corrected chi connectivity index (χ0v) is 20.0. The Bertz CT molecular complexity index is 1240. The number of hydrogen-bond acceptors (Lipinski definition) is 8. The van der Waals surface area contributed by atoms with Crippen LogP contribution in [-0.2, 0) is 9.53 Å². The molecule has 0 radical (unpaired) electrons. The number of amides is 2. The van der Waals surface area contributed by atoms with Crippen LogP contribution in [0.25, 0.3) is 11.1 Å². The summed E-state index contributed by atoms with van der Waals surface area (Å²) in [6.07, 6.45) is 2.80. The summed E-state index contributed by atoms with van der Waals surface area (Å²) in [5.41, 5.74) is 1.65. The Hall–Kier alpha value is -4.28. The molecule has 2 amide bonds. The van der Waals surface area contributed by atoms with Gasteiger partial charge in [0, 0.05) is 38.8 Å². The molecule has 1 aromatic carbocycles. The maximum Gasteiger partial charge on any atom is 0.302 e. The number of ether oxygens (including phenoxy) is 1. The molecule has 0 saturated carbocycles. The maximum atomic E-state index is 14.6. The Morgan fingerprint density at radius 1 is 1.20 bits per heavy atom. The van der Waals surface area contributed by atoms with Crippen molar-refractivity contribution in [3.8, 4) is 11.1 Å². The van der Waals surface area contributed by atoms with Crippen LogP contribution in [0.3, 0.4) is 0 Å². The van der Waals surface area contributed by atoms with Crippen LogP contribution in [-0.4, -0.2) is 59.6 Å². The molecule has 0 unspecified atom stereocenters. The fourth-order valence-corrected chi connectivity index (χ4v) is 3.27. The summed E-state index contributed by atoms with van der Waals surface area (Å²) in [7, 11) is 3.22. The molecule has 35 heavy (non-hydrogen) atoms. The lowest BCUT2D eigenvalue weighted by atomic mass is 9.97. The van der Waals surface area contributed by atoms with Crippen molar-refractivity contribution in [1.82, 2.24) is 15.0 Å². The van der Waals surface area contributed by atoms with Crippen LogP contribution in [0.1, 0.15) is 40.1 Å². The smallest absolute Gasteiger partial charge is 0.302 e. The Labute approximate surface area is 201 Å². The fraction of sp³-hybridized carbons (Fsp3) is 0.292. The number of anilines is 2. The number of aryl methyl sites for hydroxylation is 1. The van der Waals surface area contributed by atoms with E-state index in [-0.39, 0.29) is 35.5 Å². The molecule has 0 aliphatic heterocycles. The summed E-state index contributed by atoms with van der Waals surface area (Å²) in [6.45, 7) is 4.88. The lowest BCUT2D eigenvalue weighted by Gasteiger charge is -2.20. The highest BCUT2D eigenvalue weighted by Crippen LogP contribution is 2.29. The number of benzene rings is 1. The summed E-state index contributed by atoms with van der Waals surface area (Å²) in [5, 5.41) is 9.15. The van der Waals surface area contributed by atoms with Gasteiger partial charge in [-0.3, -0.25) is 14.4 Å². The molecular weight excluding hydrogens is 457 g/mol. The number of rotatable bonds is 8. The van der Waals surface area contributed by atoms with Crippen molar-refractivity contribution in [1.29, 1.82) is 0 Å². The molecule has 0 spiro atoms. The Morgan fingerprint density at radius 3 is 2.57 bits per heavy atom. The van der Waals surface area contributed by atoms with Crippen LogP contribution in [0.4, 0.5) is 16.0 Å². The topological polar surface area (TPSA) is 127 Å². The monoisotopic (exact) mass is 483 g/mol. The predicted octanol–water partition coefficient (Wildman–Crippen LogP) is 3.50. The summed E-state index contributed by atoms with van der Waals surface area (Å²) >= 11 is 0. The van der Waals surface area contributed by atoms with E-state index in [0.29, 0.717) is 22.5 Å². The lowest BCUT2D eigenvalue weighted by Crippen LogP contribution is -2.28. The molecule has 0 fully saturated rings. The number of carbonyl (C=O) groups excluding carboxylic acids is 3. The van der Waals surface area contributed by atoms with Crippen molar-refractivity contribution in [3.05, 3.63) is 59.2 Å². The molecule has 2 heterocycles. The van der Waals surface area contributed by atoms with Crippen molar-refractivity contribution in [2.45, 2.75) is 26.8 Å². The Morgan fingerprint density at radius 2 is 1.94 bits per heavy atom. The molecule has 11 heteroatoms. The summed E-state index contributed by atoms with van der Waals surface area (Å²) in [6, 6.07) is 5.38. The Balaban J connectivity index is 1.99. The average molecular weight is 484 g/mol. The Kier molecular flexibility index (Phi) is 7.80. The SMILES string of the molecule is CC(=O)OC[C@H](C)Nc1ncc(-c2cc(C(=O)Nc3ccon3)c(F)cc2C)cc1C(=O)N(C)C. The first-order valence-electron chi connectivity index (χ1n) is 10.7. The number of aromatic nitrogens is 2. The minimum absolute atomic E-state index is 0.0927. The molecule has 0 bridgehead atoms. The highest BCUT2D eigenvalue weighted by molar-refractivity contribution is 6.05. The van der Waals surface area contributed by atoms with Crippen molar-refractivity contribution in [2.75, 3.05) is 31.3 Å². The number of carbonyl (C=O) groups is 3. The van der Waals surface area contributed by atoms with Crippen LogP contribution in [0.15, 0.2) is 41.2 Å². The third-order valence-corrected chi connectivity index (χ3v) is 4.99. The van der Waals surface area contributed by atoms with Gasteiger partial charge in [0.15, 0.2) is 5.82 Å². The maximum absolute atomic E-state index is 14.6. The quantitative estimate of drug-likeness (QED) is 0.466. The first-order chi connectivity index (χ1) is 16.6. The molecule has 2 aromatic heterocycles. The minimum atomic E-state index is -0.706. The molecule has 2 N–H and O–H groups in total. The zero-order chi connectivity index (χ0) is 25.7. The van der Waals surface area contributed by atoms with E-state index < -0.39 is 17.7 Å². The van der Waals surface area contributed by atoms with Gasteiger partial charge in [0.1, 0.15) is 24.5 Å². The summed E-state index contributed by atoms with van der Waals surface area (Å²) in [4.78, 5) is 42.4. The third kappa shape index (κ3) is 6.19. The van der Waals surface area contributed by atoms with E-state index in [1.807, 2.05) is 0 Å². The second kappa shape index (κ2) is 10.8. The van der Waals surface area contributed by atoms with Crippen molar-refractivity contribution < 1.29 is 28.0 Å².